The lowest BCUT2D eigenvalue weighted by molar-refractivity contribution is 0.0117. The molecule has 2 heterocycles. The van der Waals surface area contributed by atoms with E-state index in [1.807, 2.05) is 26.0 Å². The topological polar surface area (TPSA) is 73.2 Å². The molecule has 1 N–H and O–H groups in total. The number of hydrogen-bond donors (Lipinski definition) is 1. The van der Waals surface area contributed by atoms with Crippen molar-refractivity contribution in [2.45, 2.75) is 19.9 Å². The lowest BCUT2D eigenvalue weighted by atomic mass is 10.1. The first kappa shape index (κ1) is 20.2. The molecule has 0 radical (unpaired) electrons. The summed E-state index contributed by atoms with van der Waals surface area (Å²) in [6.07, 6.45) is 0. The Morgan fingerprint density at radius 2 is 2.00 bits per heavy atom. The Bertz CT molecular complexity index is 783. The molecule has 1 amide bonds. The number of carbonyl (C=O) groups excluding carboxylic acids is 1. The molecule has 1 saturated heterocycles. The number of nitrogens with one attached hydrogen (secondary N) is 1. The molecule has 1 atom stereocenters. The van der Waals surface area contributed by atoms with Crippen molar-refractivity contribution in [3.8, 4) is 11.5 Å². The second-order valence-electron chi connectivity index (χ2n) is 6.62. The van der Waals surface area contributed by atoms with E-state index in [1.54, 1.807) is 25.3 Å². The predicted molar refractivity (Wildman–Crippen MR) is 105 cm³/mol. The molecule has 152 valence electrons. The summed E-state index contributed by atoms with van der Waals surface area (Å²) in [5.74, 6) is 2.71. The summed E-state index contributed by atoms with van der Waals surface area (Å²) in [5, 5.41) is 3.03. The molecule has 0 bridgehead atoms. The van der Waals surface area contributed by atoms with Crippen LogP contribution in [0.2, 0.25) is 0 Å². The van der Waals surface area contributed by atoms with Gasteiger partial charge in [0.05, 0.1) is 33.0 Å². The number of amides is 1. The lowest BCUT2D eigenvalue weighted by Gasteiger charge is -2.33. The summed E-state index contributed by atoms with van der Waals surface area (Å²) in [4.78, 5) is 15.0. The Hall–Kier alpha value is -2.51. The summed E-state index contributed by atoms with van der Waals surface area (Å²) < 4.78 is 22.2. The number of methoxy groups -OCH3 is 1. The molecule has 0 saturated carbocycles. The molecular weight excluding hydrogens is 360 g/mol. The van der Waals surface area contributed by atoms with Crippen LogP contribution in [0.15, 0.2) is 34.7 Å². The van der Waals surface area contributed by atoms with Crippen molar-refractivity contribution in [3.63, 3.8) is 0 Å². The fourth-order valence-corrected chi connectivity index (χ4v) is 3.31. The van der Waals surface area contributed by atoms with Gasteiger partial charge in [0.1, 0.15) is 11.5 Å². The van der Waals surface area contributed by atoms with E-state index in [2.05, 4.69) is 10.2 Å². The van der Waals surface area contributed by atoms with Crippen molar-refractivity contribution in [2.75, 3.05) is 46.6 Å². The summed E-state index contributed by atoms with van der Waals surface area (Å²) in [7, 11) is 1.58. The highest BCUT2D eigenvalue weighted by Crippen LogP contribution is 2.28. The van der Waals surface area contributed by atoms with Crippen molar-refractivity contribution < 1.29 is 23.4 Å². The monoisotopic (exact) mass is 388 g/mol. The smallest absolute Gasteiger partial charge is 0.251 e. The van der Waals surface area contributed by atoms with E-state index in [1.165, 1.54) is 0 Å². The van der Waals surface area contributed by atoms with E-state index in [9.17, 15) is 4.79 Å². The van der Waals surface area contributed by atoms with Gasteiger partial charge < -0.3 is 23.9 Å². The molecule has 2 aromatic rings. The van der Waals surface area contributed by atoms with Gasteiger partial charge in [-0.1, -0.05) is 0 Å². The molecule has 7 heteroatoms. The number of hydrogen-bond acceptors (Lipinski definition) is 6. The molecule has 1 unspecified atom stereocenters. The molecule has 0 spiro atoms. The summed E-state index contributed by atoms with van der Waals surface area (Å²) in [6, 6.07) is 9.07. The van der Waals surface area contributed by atoms with Gasteiger partial charge in [-0.05, 0) is 44.2 Å². The Morgan fingerprint density at radius 1 is 1.21 bits per heavy atom. The average molecular weight is 388 g/mol. The van der Waals surface area contributed by atoms with Gasteiger partial charge in [0.15, 0.2) is 11.5 Å². The van der Waals surface area contributed by atoms with E-state index in [4.69, 9.17) is 18.6 Å². The minimum Gasteiger partial charge on any atom is -0.493 e. The van der Waals surface area contributed by atoms with Crippen molar-refractivity contribution in [1.82, 2.24) is 10.2 Å². The number of rotatable bonds is 8. The molecule has 1 aliphatic heterocycles. The number of ether oxygens (including phenoxy) is 3. The Balaban J connectivity index is 1.71. The van der Waals surface area contributed by atoms with Gasteiger partial charge in [0.25, 0.3) is 5.91 Å². The number of benzene rings is 1. The molecule has 1 aliphatic rings. The lowest BCUT2D eigenvalue weighted by Crippen LogP contribution is -2.43. The highest BCUT2D eigenvalue weighted by atomic mass is 16.5. The van der Waals surface area contributed by atoms with Crippen LogP contribution in [-0.4, -0.2) is 57.4 Å². The highest BCUT2D eigenvalue weighted by Gasteiger charge is 2.26. The quantitative estimate of drug-likeness (QED) is 0.750. The number of furan rings is 1. The van der Waals surface area contributed by atoms with Crippen LogP contribution in [0.1, 0.15) is 34.8 Å². The van der Waals surface area contributed by atoms with Gasteiger partial charge in [0, 0.05) is 25.2 Å². The van der Waals surface area contributed by atoms with Gasteiger partial charge in [-0.2, -0.15) is 0 Å². The van der Waals surface area contributed by atoms with Crippen molar-refractivity contribution in [1.29, 1.82) is 0 Å². The van der Waals surface area contributed by atoms with Gasteiger partial charge in [-0.3, -0.25) is 9.69 Å². The van der Waals surface area contributed by atoms with Gasteiger partial charge in [-0.25, -0.2) is 0 Å². The molecule has 28 heavy (non-hydrogen) atoms. The first-order chi connectivity index (χ1) is 13.6. The van der Waals surface area contributed by atoms with E-state index in [0.717, 1.165) is 24.6 Å². The molecule has 1 aromatic carbocycles. The van der Waals surface area contributed by atoms with E-state index >= 15 is 0 Å². The second-order valence-corrected chi connectivity index (χ2v) is 6.62. The van der Waals surface area contributed by atoms with Crippen LogP contribution >= 0.6 is 0 Å². The maximum atomic E-state index is 12.7. The number of morpholine rings is 1. The van der Waals surface area contributed by atoms with Crippen LogP contribution < -0.4 is 14.8 Å². The van der Waals surface area contributed by atoms with Gasteiger partial charge >= 0.3 is 0 Å². The van der Waals surface area contributed by atoms with Crippen molar-refractivity contribution in [3.05, 3.63) is 47.4 Å². The number of carbonyl (C=O) groups is 1. The zero-order chi connectivity index (χ0) is 19.9. The van der Waals surface area contributed by atoms with Crippen LogP contribution in [0.25, 0.3) is 0 Å². The SMILES string of the molecule is CCOc1cc(C(=O)NCC(c2ccc(C)o2)N2CCOCC2)ccc1OC. The Kier molecular flexibility index (Phi) is 6.95. The standard InChI is InChI=1S/C21H28N2O5/c1-4-27-20-13-16(6-8-19(20)25-3)21(24)22-14-17(18-7-5-15(2)28-18)23-9-11-26-12-10-23/h5-8,13,17H,4,9-12,14H2,1-3H3,(H,22,24). The van der Waals surface area contributed by atoms with E-state index in [-0.39, 0.29) is 11.9 Å². The first-order valence-corrected chi connectivity index (χ1v) is 9.59. The third-order valence-corrected chi connectivity index (χ3v) is 4.76. The van der Waals surface area contributed by atoms with Crippen LogP contribution in [0.5, 0.6) is 11.5 Å². The van der Waals surface area contributed by atoms with Crippen LogP contribution in [0, 0.1) is 6.92 Å². The third-order valence-electron chi connectivity index (χ3n) is 4.76. The maximum absolute atomic E-state index is 12.7. The summed E-state index contributed by atoms with van der Waals surface area (Å²) in [6.45, 7) is 7.73. The molecule has 1 fully saturated rings. The Morgan fingerprint density at radius 3 is 2.64 bits per heavy atom. The maximum Gasteiger partial charge on any atom is 0.251 e. The summed E-state index contributed by atoms with van der Waals surface area (Å²) in [5.41, 5.74) is 0.528. The molecule has 7 nitrogen and oxygen atoms in total. The number of nitrogens with zero attached hydrogens (tertiary/aromatic N) is 1. The molecule has 0 aliphatic carbocycles. The largest absolute Gasteiger partial charge is 0.493 e. The number of aryl methyl sites for hydroxylation is 1. The second kappa shape index (κ2) is 9.61. The Labute approximate surface area is 165 Å². The van der Waals surface area contributed by atoms with Crippen LogP contribution in [-0.2, 0) is 4.74 Å². The zero-order valence-electron chi connectivity index (χ0n) is 16.7. The average Bonchev–Trinajstić information content (AvgIpc) is 3.15. The van der Waals surface area contributed by atoms with Crippen molar-refractivity contribution >= 4 is 5.91 Å². The first-order valence-electron chi connectivity index (χ1n) is 9.59. The molecular formula is C21H28N2O5. The van der Waals surface area contributed by atoms with Gasteiger partial charge in [-0.15, -0.1) is 0 Å². The van der Waals surface area contributed by atoms with Crippen molar-refractivity contribution in [2.24, 2.45) is 0 Å². The highest BCUT2D eigenvalue weighted by molar-refractivity contribution is 5.94. The van der Waals surface area contributed by atoms with Crippen LogP contribution in [0.4, 0.5) is 0 Å². The fraction of sp³-hybridized carbons (Fsp3) is 0.476. The predicted octanol–water partition coefficient (Wildman–Crippen LogP) is 2.80. The zero-order valence-corrected chi connectivity index (χ0v) is 16.7. The fourth-order valence-electron chi connectivity index (χ4n) is 3.31. The normalized spacial score (nSPS) is 15.8. The van der Waals surface area contributed by atoms with Gasteiger partial charge in [0.2, 0.25) is 0 Å². The van der Waals surface area contributed by atoms with Crippen LogP contribution in [0.3, 0.4) is 0 Å². The summed E-state index contributed by atoms with van der Waals surface area (Å²) >= 11 is 0. The van der Waals surface area contributed by atoms with E-state index in [0.29, 0.717) is 43.4 Å². The minimum absolute atomic E-state index is 0.0360. The third kappa shape index (κ3) is 4.85. The minimum atomic E-state index is -0.162. The van der Waals surface area contributed by atoms with E-state index < -0.39 is 0 Å². The molecule has 1 aromatic heterocycles. The molecule has 3 rings (SSSR count).